The molecule has 41 heavy (non-hydrogen) atoms. The molecule has 1 aliphatic rings. The van der Waals surface area contributed by atoms with Gasteiger partial charge in [-0.25, -0.2) is 4.79 Å². The summed E-state index contributed by atoms with van der Waals surface area (Å²) in [6.07, 6.45) is 12.6. The standard InChI is InChI=1S/C33H48O8/c1-2-3-4-5-6-7-8-9-10-15-20-33(41-25-32(34)35)26-39-30-18-13-11-16-28(30)37-23-21-36-22-24-38-29-17-12-14-19-31(29)40-27-33/h11-14,16-19H,2-10,15,20-27H2,1H3,(H,34,35). The molecule has 1 heterocycles. The quantitative estimate of drug-likeness (QED) is 0.240. The van der Waals surface area contributed by atoms with Crippen molar-refractivity contribution in [2.45, 2.75) is 83.2 Å². The number of carboxylic acid groups (broad SMARTS) is 1. The maximum absolute atomic E-state index is 11.6. The molecule has 3 rings (SSSR count). The van der Waals surface area contributed by atoms with Crippen molar-refractivity contribution in [1.29, 1.82) is 0 Å². The third-order valence-corrected chi connectivity index (χ3v) is 7.14. The van der Waals surface area contributed by atoms with E-state index >= 15 is 0 Å². The Morgan fingerprint density at radius 3 is 1.59 bits per heavy atom. The largest absolute Gasteiger partial charge is 0.487 e. The number of benzene rings is 2. The molecule has 8 nitrogen and oxygen atoms in total. The lowest BCUT2D eigenvalue weighted by atomic mass is 9.96. The van der Waals surface area contributed by atoms with Crippen LogP contribution in [0.1, 0.15) is 77.6 Å². The van der Waals surface area contributed by atoms with E-state index in [0.29, 0.717) is 55.8 Å². The summed E-state index contributed by atoms with van der Waals surface area (Å²) in [6, 6.07) is 14.9. The number of aliphatic carboxylic acids is 1. The van der Waals surface area contributed by atoms with Crippen molar-refractivity contribution in [3.63, 3.8) is 0 Å². The SMILES string of the molecule is CCCCCCCCCCCCC1(OCC(=O)O)COc2ccccc2OCCOCCOc2ccccc2OC1. The van der Waals surface area contributed by atoms with Crippen LogP contribution in [0.15, 0.2) is 48.5 Å². The molecule has 1 aliphatic heterocycles. The van der Waals surface area contributed by atoms with Gasteiger partial charge in [-0.2, -0.15) is 0 Å². The highest BCUT2D eigenvalue weighted by molar-refractivity contribution is 5.68. The van der Waals surface area contributed by atoms with Crippen molar-refractivity contribution in [2.24, 2.45) is 0 Å². The number of rotatable bonds is 14. The highest BCUT2D eigenvalue weighted by Crippen LogP contribution is 2.32. The molecule has 0 unspecified atom stereocenters. The van der Waals surface area contributed by atoms with Crippen LogP contribution in [0.3, 0.4) is 0 Å². The third kappa shape index (κ3) is 12.6. The first-order chi connectivity index (χ1) is 20.1. The number of fused-ring (bicyclic) bond motifs is 2. The lowest BCUT2D eigenvalue weighted by Gasteiger charge is -2.33. The van der Waals surface area contributed by atoms with Crippen LogP contribution < -0.4 is 18.9 Å². The Kier molecular flexibility index (Phi) is 15.2. The van der Waals surface area contributed by atoms with Gasteiger partial charge in [0.2, 0.25) is 0 Å². The van der Waals surface area contributed by atoms with E-state index in [9.17, 15) is 9.90 Å². The Morgan fingerprint density at radius 2 is 1.12 bits per heavy atom. The Bertz CT molecular complexity index is 939. The molecule has 0 aliphatic carbocycles. The predicted molar refractivity (Wildman–Crippen MR) is 158 cm³/mol. The normalized spacial score (nSPS) is 15.7. The average molecular weight is 573 g/mol. The van der Waals surface area contributed by atoms with Crippen molar-refractivity contribution < 1.29 is 38.3 Å². The van der Waals surface area contributed by atoms with E-state index in [2.05, 4.69) is 6.92 Å². The van der Waals surface area contributed by atoms with Crippen LogP contribution >= 0.6 is 0 Å². The zero-order valence-corrected chi connectivity index (χ0v) is 24.7. The maximum Gasteiger partial charge on any atom is 0.329 e. The zero-order valence-electron chi connectivity index (χ0n) is 24.7. The smallest absolute Gasteiger partial charge is 0.329 e. The molecule has 0 fully saturated rings. The first kappa shape index (κ1) is 32.5. The van der Waals surface area contributed by atoms with Gasteiger partial charge in [0.1, 0.15) is 38.6 Å². The minimum Gasteiger partial charge on any atom is -0.487 e. The Labute approximate surface area is 245 Å². The third-order valence-electron chi connectivity index (χ3n) is 7.14. The number of para-hydroxylation sites is 4. The summed E-state index contributed by atoms with van der Waals surface area (Å²) >= 11 is 0. The van der Waals surface area contributed by atoms with Gasteiger partial charge in [-0.15, -0.1) is 0 Å². The topological polar surface area (TPSA) is 92.7 Å². The Hall–Kier alpha value is -2.97. The molecule has 0 spiro atoms. The average Bonchev–Trinajstić information content (AvgIpc) is 2.98. The van der Waals surface area contributed by atoms with Crippen molar-refractivity contribution in [3.8, 4) is 23.0 Å². The van der Waals surface area contributed by atoms with Gasteiger partial charge in [-0.3, -0.25) is 0 Å². The van der Waals surface area contributed by atoms with Crippen LogP contribution in [0.2, 0.25) is 0 Å². The second kappa shape index (κ2) is 19.2. The summed E-state index contributed by atoms with van der Waals surface area (Å²) in [6.45, 7) is 3.54. The Morgan fingerprint density at radius 1 is 0.683 bits per heavy atom. The number of carbonyl (C=O) groups is 1. The first-order valence-electron chi connectivity index (χ1n) is 15.2. The summed E-state index contributed by atoms with van der Waals surface area (Å²) in [7, 11) is 0. The minimum atomic E-state index is -1.04. The van der Waals surface area contributed by atoms with E-state index in [0.717, 1.165) is 19.3 Å². The fourth-order valence-electron chi connectivity index (χ4n) is 4.81. The van der Waals surface area contributed by atoms with Gasteiger partial charge in [-0.1, -0.05) is 95.4 Å². The molecular weight excluding hydrogens is 524 g/mol. The fraction of sp³-hybridized carbons (Fsp3) is 0.606. The zero-order chi connectivity index (χ0) is 29.0. The molecule has 0 atom stereocenters. The first-order valence-corrected chi connectivity index (χ1v) is 15.2. The van der Waals surface area contributed by atoms with Gasteiger partial charge in [0.15, 0.2) is 23.0 Å². The molecule has 2 aromatic rings. The van der Waals surface area contributed by atoms with Gasteiger partial charge < -0.3 is 33.5 Å². The molecule has 0 saturated heterocycles. The van der Waals surface area contributed by atoms with Gasteiger partial charge in [0.05, 0.1) is 13.2 Å². The van der Waals surface area contributed by atoms with Gasteiger partial charge in [0, 0.05) is 0 Å². The second-order valence-electron chi connectivity index (χ2n) is 10.6. The van der Waals surface area contributed by atoms with Crippen LogP contribution in [-0.4, -0.2) is 62.9 Å². The molecule has 0 saturated carbocycles. The monoisotopic (exact) mass is 572 g/mol. The number of hydrogen-bond donors (Lipinski definition) is 1. The Balaban J connectivity index is 1.72. The molecule has 8 heteroatoms. The molecule has 0 amide bonds. The van der Waals surface area contributed by atoms with E-state index < -0.39 is 18.2 Å². The van der Waals surface area contributed by atoms with Gasteiger partial charge in [0.25, 0.3) is 0 Å². The summed E-state index contributed by atoms with van der Waals surface area (Å²) < 4.78 is 36.1. The van der Waals surface area contributed by atoms with Crippen molar-refractivity contribution in [2.75, 3.05) is 46.2 Å². The van der Waals surface area contributed by atoms with E-state index in [1.807, 2.05) is 48.5 Å². The molecular formula is C33H48O8. The van der Waals surface area contributed by atoms with Crippen LogP contribution in [0.4, 0.5) is 0 Å². The molecule has 2 aromatic carbocycles. The lowest BCUT2D eigenvalue weighted by Crippen LogP contribution is -2.46. The summed E-state index contributed by atoms with van der Waals surface area (Å²) in [4.78, 5) is 11.6. The number of hydrogen-bond acceptors (Lipinski definition) is 7. The molecule has 228 valence electrons. The minimum absolute atomic E-state index is 0.109. The van der Waals surface area contributed by atoms with Crippen LogP contribution in [0, 0.1) is 0 Å². The van der Waals surface area contributed by atoms with Crippen molar-refractivity contribution >= 4 is 5.97 Å². The van der Waals surface area contributed by atoms with Crippen LogP contribution in [0.5, 0.6) is 23.0 Å². The summed E-state index contributed by atoms with van der Waals surface area (Å²) in [5, 5.41) is 9.50. The van der Waals surface area contributed by atoms with E-state index in [1.54, 1.807) is 0 Å². The van der Waals surface area contributed by atoms with Crippen molar-refractivity contribution in [1.82, 2.24) is 0 Å². The highest BCUT2D eigenvalue weighted by atomic mass is 16.6. The van der Waals surface area contributed by atoms with Crippen molar-refractivity contribution in [3.05, 3.63) is 48.5 Å². The highest BCUT2D eigenvalue weighted by Gasteiger charge is 2.35. The second-order valence-corrected chi connectivity index (χ2v) is 10.6. The lowest BCUT2D eigenvalue weighted by molar-refractivity contribution is -0.156. The number of carboxylic acids is 1. The van der Waals surface area contributed by atoms with E-state index in [-0.39, 0.29) is 13.2 Å². The summed E-state index contributed by atoms with van der Waals surface area (Å²) in [5.74, 6) is 1.28. The van der Waals surface area contributed by atoms with Crippen LogP contribution in [-0.2, 0) is 14.3 Å². The van der Waals surface area contributed by atoms with E-state index in [1.165, 1.54) is 44.9 Å². The van der Waals surface area contributed by atoms with Crippen LogP contribution in [0.25, 0.3) is 0 Å². The van der Waals surface area contributed by atoms with E-state index in [4.69, 9.17) is 28.4 Å². The molecule has 0 bridgehead atoms. The molecule has 0 aromatic heterocycles. The fourth-order valence-corrected chi connectivity index (χ4v) is 4.81. The maximum atomic E-state index is 11.6. The molecule has 1 N–H and O–H groups in total. The van der Waals surface area contributed by atoms with Gasteiger partial charge >= 0.3 is 5.97 Å². The predicted octanol–water partition coefficient (Wildman–Crippen LogP) is 7.08. The molecule has 0 radical (unpaired) electrons. The number of unbranched alkanes of at least 4 members (excludes halogenated alkanes) is 9. The van der Waals surface area contributed by atoms with Gasteiger partial charge in [-0.05, 0) is 30.7 Å². The summed E-state index contributed by atoms with van der Waals surface area (Å²) in [5.41, 5.74) is -0.987. The number of ether oxygens (including phenoxy) is 6.